The van der Waals surface area contributed by atoms with Crippen LogP contribution in [0.2, 0.25) is 0 Å². The molecule has 3 rings (SSSR count). The molecule has 0 fully saturated rings. The standard InChI is InChI=1S/C17H16FN5S/c1-12-5-2-3-6-13(12)10-23-11-19-16(22-23)21-17(24)20-15-8-4-7-14(18)9-15/h2-9,11H,10H2,1H3,(H2,20,21,22,24). The summed E-state index contributed by atoms with van der Waals surface area (Å²) in [6.07, 6.45) is 1.64. The molecule has 7 heteroatoms. The normalized spacial score (nSPS) is 10.4. The van der Waals surface area contributed by atoms with Gasteiger partial charge in [-0.3, -0.25) is 5.32 Å². The fourth-order valence-electron chi connectivity index (χ4n) is 2.22. The van der Waals surface area contributed by atoms with Gasteiger partial charge in [-0.2, -0.15) is 0 Å². The Morgan fingerprint density at radius 2 is 2.00 bits per heavy atom. The first-order chi connectivity index (χ1) is 11.6. The minimum Gasteiger partial charge on any atom is -0.332 e. The Kier molecular flexibility index (Phi) is 4.81. The molecule has 2 aromatic carbocycles. The number of halogens is 1. The molecule has 0 saturated carbocycles. The molecular weight excluding hydrogens is 325 g/mol. The highest BCUT2D eigenvalue weighted by atomic mass is 32.1. The lowest BCUT2D eigenvalue weighted by atomic mass is 10.1. The van der Waals surface area contributed by atoms with Crippen LogP contribution in [0.15, 0.2) is 54.9 Å². The molecule has 122 valence electrons. The summed E-state index contributed by atoms with van der Waals surface area (Å²) >= 11 is 5.19. The fourth-order valence-corrected chi connectivity index (χ4v) is 2.43. The van der Waals surface area contributed by atoms with Crippen LogP contribution in [0.4, 0.5) is 16.0 Å². The number of nitrogens with zero attached hydrogens (tertiary/aromatic N) is 3. The number of aryl methyl sites for hydroxylation is 1. The van der Waals surface area contributed by atoms with E-state index in [9.17, 15) is 4.39 Å². The Morgan fingerprint density at radius 3 is 2.79 bits per heavy atom. The predicted molar refractivity (Wildman–Crippen MR) is 96.5 cm³/mol. The minimum absolute atomic E-state index is 0.300. The van der Waals surface area contributed by atoms with Crippen LogP contribution in [-0.4, -0.2) is 19.9 Å². The Hall–Kier alpha value is -2.80. The second-order valence-corrected chi connectivity index (χ2v) is 5.69. The molecule has 3 aromatic rings. The van der Waals surface area contributed by atoms with Gasteiger partial charge < -0.3 is 5.32 Å². The summed E-state index contributed by atoms with van der Waals surface area (Å²) in [6.45, 7) is 2.69. The van der Waals surface area contributed by atoms with E-state index in [0.29, 0.717) is 23.3 Å². The number of aromatic nitrogens is 3. The van der Waals surface area contributed by atoms with E-state index < -0.39 is 0 Å². The van der Waals surface area contributed by atoms with Gasteiger partial charge in [0.15, 0.2) is 5.11 Å². The molecule has 1 heterocycles. The molecule has 0 saturated heterocycles. The fraction of sp³-hybridized carbons (Fsp3) is 0.118. The number of nitrogens with one attached hydrogen (secondary N) is 2. The highest BCUT2D eigenvalue weighted by molar-refractivity contribution is 7.80. The number of rotatable bonds is 4. The Balaban J connectivity index is 1.61. The van der Waals surface area contributed by atoms with Crippen LogP contribution >= 0.6 is 12.2 Å². The van der Waals surface area contributed by atoms with E-state index in [1.165, 1.54) is 23.3 Å². The first-order valence-electron chi connectivity index (χ1n) is 7.38. The molecule has 0 radical (unpaired) electrons. The van der Waals surface area contributed by atoms with Crippen LogP contribution in [-0.2, 0) is 6.54 Å². The van der Waals surface area contributed by atoms with Gasteiger partial charge in [-0.25, -0.2) is 14.1 Å². The topological polar surface area (TPSA) is 54.8 Å². The average molecular weight is 341 g/mol. The summed E-state index contributed by atoms with van der Waals surface area (Å²) in [6, 6.07) is 14.2. The number of hydrogen-bond donors (Lipinski definition) is 2. The van der Waals surface area contributed by atoms with Crippen molar-refractivity contribution in [1.82, 2.24) is 14.8 Å². The van der Waals surface area contributed by atoms with Crippen molar-refractivity contribution < 1.29 is 4.39 Å². The Morgan fingerprint density at radius 1 is 1.17 bits per heavy atom. The average Bonchev–Trinajstić information content (AvgIpc) is 2.96. The molecule has 5 nitrogen and oxygen atoms in total. The zero-order chi connectivity index (χ0) is 16.9. The van der Waals surface area contributed by atoms with Crippen LogP contribution in [0.1, 0.15) is 11.1 Å². The third-order valence-electron chi connectivity index (χ3n) is 3.44. The van der Waals surface area contributed by atoms with Crippen molar-refractivity contribution in [2.45, 2.75) is 13.5 Å². The zero-order valence-electron chi connectivity index (χ0n) is 13.0. The smallest absolute Gasteiger partial charge is 0.248 e. The van der Waals surface area contributed by atoms with Crippen molar-refractivity contribution >= 4 is 29.0 Å². The lowest BCUT2D eigenvalue weighted by molar-refractivity contribution is 0.628. The van der Waals surface area contributed by atoms with Crippen LogP contribution in [0.25, 0.3) is 0 Å². The Bertz CT molecular complexity index is 861. The lowest BCUT2D eigenvalue weighted by Crippen LogP contribution is -2.20. The van der Waals surface area contributed by atoms with Gasteiger partial charge in [0.05, 0.1) is 6.54 Å². The van der Waals surface area contributed by atoms with E-state index in [-0.39, 0.29) is 5.82 Å². The molecule has 0 bridgehead atoms. The summed E-state index contributed by atoms with van der Waals surface area (Å²) in [5, 5.41) is 10.4. The van der Waals surface area contributed by atoms with Gasteiger partial charge in [0.2, 0.25) is 5.95 Å². The molecule has 0 aliphatic carbocycles. The van der Waals surface area contributed by atoms with Gasteiger partial charge in [-0.05, 0) is 48.5 Å². The van der Waals surface area contributed by atoms with Crippen LogP contribution in [0, 0.1) is 12.7 Å². The SMILES string of the molecule is Cc1ccccc1Cn1cnc(NC(=S)Nc2cccc(F)c2)n1. The molecule has 0 atom stereocenters. The van der Waals surface area contributed by atoms with E-state index in [0.717, 1.165) is 0 Å². The first-order valence-corrected chi connectivity index (χ1v) is 7.78. The maximum atomic E-state index is 13.2. The molecule has 0 aliphatic heterocycles. The van der Waals surface area contributed by atoms with Gasteiger partial charge in [0.25, 0.3) is 0 Å². The van der Waals surface area contributed by atoms with Crippen molar-refractivity contribution in [3.8, 4) is 0 Å². The maximum absolute atomic E-state index is 13.2. The predicted octanol–water partition coefficient (Wildman–Crippen LogP) is 3.58. The highest BCUT2D eigenvalue weighted by Crippen LogP contribution is 2.11. The van der Waals surface area contributed by atoms with Crippen molar-refractivity contribution in [2.24, 2.45) is 0 Å². The second-order valence-electron chi connectivity index (χ2n) is 5.28. The maximum Gasteiger partial charge on any atom is 0.248 e. The quantitative estimate of drug-likeness (QED) is 0.711. The van der Waals surface area contributed by atoms with Crippen molar-refractivity contribution in [3.05, 3.63) is 71.8 Å². The summed E-state index contributed by atoms with van der Waals surface area (Å²) in [4.78, 5) is 4.18. The zero-order valence-corrected chi connectivity index (χ0v) is 13.8. The van der Waals surface area contributed by atoms with E-state index >= 15 is 0 Å². The van der Waals surface area contributed by atoms with Crippen LogP contribution < -0.4 is 10.6 Å². The Labute approximate surface area is 144 Å². The molecular formula is C17H16FN5S. The van der Waals surface area contributed by atoms with E-state index in [1.54, 1.807) is 23.1 Å². The van der Waals surface area contributed by atoms with Crippen molar-refractivity contribution in [3.63, 3.8) is 0 Å². The molecule has 2 N–H and O–H groups in total. The second kappa shape index (κ2) is 7.18. The number of thiocarbonyl (C=S) groups is 1. The van der Waals surface area contributed by atoms with E-state index in [2.05, 4.69) is 39.8 Å². The van der Waals surface area contributed by atoms with Gasteiger partial charge in [0.1, 0.15) is 12.1 Å². The van der Waals surface area contributed by atoms with E-state index in [4.69, 9.17) is 12.2 Å². The highest BCUT2D eigenvalue weighted by Gasteiger charge is 2.06. The summed E-state index contributed by atoms with van der Waals surface area (Å²) in [7, 11) is 0. The van der Waals surface area contributed by atoms with E-state index in [1.807, 2.05) is 12.1 Å². The summed E-state index contributed by atoms with van der Waals surface area (Å²) in [5.74, 6) is 0.0564. The minimum atomic E-state index is -0.330. The van der Waals surface area contributed by atoms with Crippen LogP contribution in [0.3, 0.4) is 0 Å². The van der Waals surface area contributed by atoms with Crippen molar-refractivity contribution in [1.29, 1.82) is 0 Å². The lowest BCUT2D eigenvalue weighted by Gasteiger charge is -2.08. The third-order valence-corrected chi connectivity index (χ3v) is 3.64. The van der Waals surface area contributed by atoms with Gasteiger partial charge in [-0.1, -0.05) is 30.3 Å². The number of anilines is 2. The van der Waals surface area contributed by atoms with Gasteiger partial charge in [-0.15, -0.1) is 5.10 Å². The largest absolute Gasteiger partial charge is 0.332 e. The third kappa shape index (κ3) is 4.14. The molecule has 0 unspecified atom stereocenters. The van der Waals surface area contributed by atoms with Gasteiger partial charge >= 0.3 is 0 Å². The summed E-state index contributed by atoms with van der Waals surface area (Å²) in [5.41, 5.74) is 2.94. The molecule has 0 spiro atoms. The summed E-state index contributed by atoms with van der Waals surface area (Å²) < 4.78 is 14.9. The number of benzene rings is 2. The molecule has 1 aromatic heterocycles. The first kappa shape index (κ1) is 16.1. The monoisotopic (exact) mass is 341 g/mol. The van der Waals surface area contributed by atoms with Crippen LogP contribution in [0.5, 0.6) is 0 Å². The molecule has 24 heavy (non-hydrogen) atoms. The van der Waals surface area contributed by atoms with Gasteiger partial charge in [0, 0.05) is 5.69 Å². The number of hydrogen-bond acceptors (Lipinski definition) is 3. The molecule has 0 aliphatic rings. The molecule has 0 amide bonds. The van der Waals surface area contributed by atoms with Crippen molar-refractivity contribution in [2.75, 3.05) is 10.6 Å².